The molecule has 0 spiro atoms. The van der Waals surface area contributed by atoms with Gasteiger partial charge >= 0.3 is 0 Å². The van der Waals surface area contributed by atoms with E-state index in [1.165, 1.54) is 18.2 Å². The van der Waals surface area contributed by atoms with Crippen LogP contribution in [0.4, 0.5) is 13.2 Å². The Morgan fingerprint density at radius 3 is 2.05 bits per heavy atom. The highest BCUT2D eigenvalue weighted by atomic mass is 19.1. The van der Waals surface area contributed by atoms with Gasteiger partial charge in [0.25, 0.3) is 0 Å². The van der Waals surface area contributed by atoms with Crippen molar-refractivity contribution in [1.82, 2.24) is 0 Å². The van der Waals surface area contributed by atoms with Crippen LogP contribution < -0.4 is 0 Å². The van der Waals surface area contributed by atoms with Crippen molar-refractivity contribution in [2.45, 2.75) is 0 Å². The van der Waals surface area contributed by atoms with E-state index < -0.39 is 23.2 Å². The fourth-order valence-electron chi connectivity index (χ4n) is 1.54. The summed E-state index contributed by atoms with van der Waals surface area (Å²) < 4.78 is 39.3. The van der Waals surface area contributed by atoms with Gasteiger partial charge in [0.1, 0.15) is 17.5 Å². The average molecular weight is 262 g/mol. The second-order valence-corrected chi connectivity index (χ2v) is 3.84. The molecule has 96 valence electrons. The Bertz CT molecular complexity index is 610. The number of carbonyl (C=O) groups is 1. The molecule has 0 saturated carbocycles. The van der Waals surface area contributed by atoms with E-state index >= 15 is 0 Å². The van der Waals surface area contributed by atoms with Gasteiger partial charge in [-0.25, -0.2) is 13.2 Å². The highest BCUT2D eigenvalue weighted by molar-refractivity contribution is 6.06. The average Bonchev–Trinajstić information content (AvgIpc) is 2.38. The van der Waals surface area contributed by atoms with Gasteiger partial charge in [0.05, 0.1) is 0 Å². The van der Waals surface area contributed by atoms with Crippen LogP contribution >= 0.6 is 0 Å². The minimum Gasteiger partial charge on any atom is -0.289 e. The number of hydrogen-bond acceptors (Lipinski definition) is 1. The summed E-state index contributed by atoms with van der Waals surface area (Å²) in [6, 6.07) is 8.34. The van der Waals surface area contributed by atoms with Crippen LogP contribution in [0.15, 0.2) is 48.5 Å². The van der Waals surface area contributed by atoms with Gasteiger partial charge in [-0.1, -0.05) is 6.07 Å². The molecule has 0 amide bonds. The second kappa shape index (κ2) is 5.52. The zero-order valence-corrected chi connectivity index (χ0v) is 9.74. The van der Waals surface area contributed by atoms with Crippen LogP contribution in [-0.2, 0) is 0 Å². The molecule has 0 heterocycles. The van der Waals surface area contributed by atoms with Crippen LogP contribution in [0, 0.1) is 17.5 Å². The number of carbonyl (C=O) groups excluding carboxylic acids is 1. The van der Waals surface area contributed by atoms with E-state index in [-0.39, 0.29) is 11.1 Å². The van der Waals surface area contributed by atoms with Crippen LogP contribution in [0.2, 0.25) is 0 Å². The van der Waals surface area contributed by atoms with E-state index in [0.717, 1.165) is 36.4 Å². The number of benzene rings is 2. The van der Waals surface area contributed by atoms with Crippen LogP contribution in [0.25, 0.3) is 6.08 Å². The molecule has 1 nitrogen and oxygen atoms in total. The van der Waals surface area contributed by atoms with Gasteiger partial charge in [-0.3, -0.25) is 4.79 Å². The number of allylic oxidation sites excluding steroid dienone is 1. The molecular formula is C15H9F3O. The highest BCUT2D eigenvalue weighted by Gasteiger charge is 2.06. The lowest BCUT2D eigenvalue weighted by atomic mass is 10.1. The molecule has 2 rings (SSSR count). The van der Waals surface area contributed by atoms with E-state index in [2.05, 4.69) is 0 Å². The van der Waals surface area contributed by atoms with Crippen LogP contribution in [0.1, 0.15) is 15.9 Å². The van der Waals surface area contributed by atoms with E-state index in [4.69, 9.17) is 0 Å². The Labute approximate surface area is 108 Å². The van der Waals surface area contributed by atoms with Crippen molar-refractivity contribution >= 4 is 11.9 Å². The molecule has 0 fully saturated rings. The second-order valence-electron chi connectivity index (χ2n) is 3.84. The lowest BCUT2D eigenvalue weighted by Gasteiger charge is -1.99. The fraction of sp³-hybridized carbons (Fsp3) is 0. The van der Waals surface area contributed by atoms with Gasteiger partial charge in [-0.15, -0.1) is 0 Å². The lowest BCUT2D eigenvalue weighted by Crippen LogP contribution is -1.95. The topological polar surface area (TPSA) is 17.1 Å². The van der Waals surface area contributed by atoms with E-state index in [1.54, 1.807) is 0 Å². The quantitative estimate of drug-likeness (QED) is 0.603. The Morgan fingerprint density at radius 1 is 0.895 bits per heavy atom. The first kappa shape index (κ1) is 13.1. The third kappa shape index (κ3) is 3.10. The first-order valence-electron chi connectivity index (χ1n) is 5.50. The van der Waals surface area contributed by atoms with Gasteiger partial charge in [-0.2, -0.15) is 0 Å². The molecule has 0 atom stereocenters. The lowest BCUT2D eigenvalue weighted by molar-refractivity contribution is 0.104. The minimum atomic E-state index is -0.747. The fourth-order valence-corrected chi connectivity index (χ4v) is 1.54. The molecule has 0 radical (unpaired) electrons. The Hall–Kier alpha value is -2.36. The minimum absolute atomic E-state index is 0.245. The Kier molecular flexibility index (Phi) is 3.80. The van der Waals surface area contributed by atoms with Crippen molar-refractivity contribution in [1.29, 1.82) is 0 Å². The van der Waals surface area contributed by atoms with Crippen LogP contribution in [0.5, 0.6) is 0 Å². The Morgan fingerprint density at radius 2 is 1.47 bits per heavy atom. The van der Waals surface area contributed by atoms with Gasteiger partial charge in [0, 0.05) is 11.1 Å². The molecule has 4 heteroatoms. The van der Waals surface area contributed by atoms with E-state index in [0.29, 0.717) is 0 Å². The highest BCUT2D eigenvalue weighted by Crippen LogP contribution is 2.14. The van der Waals surface area contributed by atoms with Crippen molar-refractivity contribution in [2.75, 3.05) is 0 Å². The monoisotopic (exact) mass is 262 g/mol. The summed E-state index contributed by atoms with van der Waals surface area (Å²) in [6.07, 6.45) is 2.12. The number of ketones is 1. The first-order chi connectivity index (χ1) is 9.08. The maximum Gasteiger partial charge on any atom is 0.185 e. The summed E-state index contributed by atoms with van der Waals surface area (Å²) in [5, 5.41) is 0. The predicted molar refractivity (Wildman–Crippen MR) is 66.1 cm³/mol. The first-order valence-corrected chi connectivity index (χ1v) is 5.50. The van der Waals surface area contributed by atoms with Crippen LogP contribution in [0.3, 0.4) is 0 Å². The standard InChI is InChI=1S/C15H9F3O/c16-11-6-4-10(5-7-11)15(19)9-8-12-13(17)2-1-3-14(12)18/h1-9H. The van der Waals surface area contributed by atoms with Crippen molar-refractivity contribution in [2.24, 2.45) is 0 Å². The van der Waals surface area contributed by atoms with Gasteiger partial charge < -0.3 is 0 Å². The third-order valence-corrected chi connectivity index (χ3v) is 2.53. The van der Waals surface area contributed by atoms with Crippen LogP contribution in [-0.4, -0.2) is 5.78 Å². The predicted octanol–water partition coefficient (Wildman–Crippen LogP) is 4.00. The summed E-state index contributed by atoms with van der Waals surface area (Å²) >= 11 is 0. The molecule has 0 aromatic heterocycles. The molecule has 0 aliphatic heterocycles. The van der Waals surface area contributed by atoms with Gasteiger partial charge in [-0.05, 0) is 48.6 Å². The zero-order chi connectivity index (χ0) is 13.8. The summed E-state index contributed by atoms with van der Waals surface area (Å²) in [6.45, 7) is 0. The maximum absolute atomic E-state index is 13.3. The molecule has 0 saturated heterocycles. The number of halogens is 3. The molecule has 19 heavy (non-hydrogen) atoms. The summed E-state index contributed by atoms with van der Waals surface area (Å²) in [4.78, 5) is 11.7. The molecule has 0 bridgehead atoms. The normalized spacial score (nSPS) is 10.9. The zero-order valence-electron chi connectivity index (χ0n) is 9.74. The molecule has 0 aliphatic rings. The van der Waals surface area contributed by atoms with Crippen molar-refractivity contribution in [3.8, 4) is 0 Å². The van der Waals surface area contributed by atoms with Crippen molar-refractivity contribution in [3.63, 3.8) is 0 Å². The Balaban J connectivity index is 2.23. The van der Waals surface area contributed by atoms with Crippen molar-refractivity contribution in [3.05, 3.63) is 77.1 Å². The number of hydrogen-bond donors (Lipinski definition) is 0. The summed E-state index contributed by atoms with van der Waals surface area (Å²) in [5.74, 6) is -2.41. The molecule has 2 aromatic rings. The maximum atomic E-state index is 13.3. The molecule has 0 unspecified atom stereocenters. The third-order valence-electron chi connectivity index (χ3n) is 2.53. The SMILES string of the molecule is O=C(C=Cc1c(F)cccc1F)c1ccc(F)cc1. The number of rotatable bonds is 3. The summed E-state index contributed by atoms with van der Waals surface area (Å²) in [7, 11) is 0. The largest absolute Gasteiger partial charge is 0.289 e. The van der Waals surface area contributed by atoms with Crippen molar-refractivity contribution < 1.29 is 18.0 Å². The van der Waals surface area contributed by atoms with E-state index in [9.17, 15) is 18.0 Å². The van der Waals surface area contributed by atoms with Gasteiger partial charge in [0.2, 0.25) is 0 Å². The molecular weight excluding hydrogens is 253 g/mol. The molecule has 2 aromatic carbocycles. The van der Waals surface area contributed by atoms with Gasteiger partial charge in [0.15, 0.2) is 5.78 Å². The van der Waals surface area contributed by atoms with E-state index in [1.807, 2.05) is 0 Å². The molecule has 0 N–H and O–H groups in total. The molecule has 0 aliphatic carbocycles. The smallest absolute Gasteiger partial charge is 0.185 e. The summed E-state index contributed by atoms with van der Waals surface area (Å²) in [5.41, 5.74) is -0.0349.